The van der Waals surface area contributed by atoms with Crippen molar-refractivity contribution in [1.29, 1.82) is 0 Å². The third-order valence-corrected chi connectivity index (χ3v) is 6.05. The molecule has 1 unspecified atom stereocenters. The number of carbonyl (C=O) groups is 1. The number of fused-ring (bicyclic) bond motifs is 1. The van der Waals surface area contributed by atoms with Crippen LogP contribution in [0.4, 0.5) is 0 Å². The molecule has 1 heteroatoms. The Morgan fingerprint density at radius 2 is 1.88 bits per heavy atom. The van der Waals surface area contributed by atoms with Crippen LogP contribution in [0.5, 0.6) is 0 Å². The lowest BCUT2D eigenvalue weighted by molar-refractivity contribution is -0.127. The fourth-order valence-electron chi connectivity index (χ4n) is 5.42. The molecule has 0 aromatic carbocycles. The average Bonchev–Trinajstić information content (AvgIpc) is 2.82. The molecular weight excluding hydrogens is 196 g/mol. The maximum atomic E-state index is 12.4. The van der Waals surface area contributed by atoms with Crippen molar-refractivity contribution in [3.8, 4) is 0 Å². The molecule has 0 N–H and O–H groups in total. The third kappa shape index (κ3) is 1.01. The molecule has 0 saturated heterocycles. The van der Waals surface area contributed by atoms with Crippen molar-refractivity contribution < 1.29 is 4.79 Å². The van der Waals surface area contributed by atoms with Crippen LogP contribution in [0.2, 0.25) is 0 Å². The van der Waals surface area contributed by atoms with Gasteiger partial charge in [0.05, 0.1) is 0 Å². The first-order chi connectivity index (χ1) is 7.51. The summed E-state index contributed by atoms with van der Waals surface area (Å²) in [7, 11) is 0. The fraction of sp³-hybridized carbons (Fsp3) is 0.933. The summed E-state index contributed by atoms with van der Waals surface area (Å²) >= 11 is 0. The summed E-state index contributed by atoms with van der Waals surface area (Å²) in [5.74, 6) is 5.05. The fourth-order valence-corrected chi connectivity index (χ4v) is 5.42. The molecule has 90 valence electrons. The molecule has 3 aliphatic rings. The Bertz CT molecular complexity index is 332. The van der Waals surface area contributed by atoms with Gasteiger partial charge in [-0.15, -0.1) is 0 Å². The first kappa shape index (κ1) is 10.8. The van der Waals surface area contributed by atoms with E-state index < -0.39 is 0 Å². The standard InChI is InChI=1S/C15H24O/c1-8(2)11-6-5-10(4)15-12(16)7-9(3)13(15)14(11)15/h8-11,13-14H,5-7H2,1-4H3/t9?,10-,11+,13-,14-,15-/m0/s1. The first-order valence-electron chi connectivity index (χ1n) is 7.04. The number of hydrogen-bond acceptors (Lipinski definition) is 1. The second kappa shape index (κ2) is 3.11. The molecule has 0 bridgehead atoms. The smallest absolute Gasteiger partial charge is 0.140 e. The van der Waals surface area contributed by atoms with Gasteiger partial charge in [0.25, 0.3) is 0 Å². The highest BCUT2D eigenvalue weighted by Crippen LogP contribution is 2.77. The zero-order valence-electron chi connectivity index (χ0n) is 11.0. The maximum absolute atomic E-state index is 12.4. The van der Waals surface area contributed by atoms with Gasteiger partial charge in [0, 0.05) is 11.8 Å². The Morgan fingerprint density at radius 1 is 1.19 bits per heavy atom. The van der Waals surface area contributed by atoms with Crippen LogP contribution in [0.3, 0.4) is 0 Å². The van der Waals surface area contributed by atoms with Crippen molar-refractivity contribution in [2.24, 2.45) is 40.9 Å². The van der Waals surface area contributed by atoms with Crippen molar-refractivity contribution in [1.82, 2.24) is 0 Å². The Hall–Kier alpha value is -0.330. The molecule has 0 aliphatic heterocycles. The largest absolute Gasteiger partial charge is 0.299 e. The minimum absolute atomic E-state index is 0.159. The number of rotatable bonds is 1. The third-order valence-electron chi connectivity index (χ3n) is 6.05. The average molecular weight is 220 g/mol. The van der Waals surface area contributed by atoms with E-state index in [4.69, 9.17) is 0 Å². The number of carbonyl (C=O) groups excluding carboxylic acids is 1. The molecule has 3 rings (SSSR count). The summed E-state index contributed by atoms with van der Waals surface area (Å²) in [6, 6.07) is 0. The first-order valence-corrected chi connectivity index (χ1v) is 7.04. The number of Topliss-reactive ketones (excluding diaryl/α,β-unsaturated/α-hetero) is 1. The molecule has 3 saturated carbocycles. The minimum Gasteiger partial charge on any atom is -0.299 e. The Morgan fingerprint density at radius 3 is 2.50 bits per heavy atom. The number of ketones is 1. The predicted octanol–water partition coefficient (Wildman–Crippen LogP) is 3.53. The van der Waals surface area contributed by atoms with Gasteiger partial charge in [0.15, 0.2) is 0 Å². The van der Waals surface area contributed by atoms with Crippen LogP contribution in [0.15, 0.2) is 0 Å². The minimum atomic E-state index is 0.159. The Labute approximate surface area is 99.0 Å². The maximum Gasteiger partial charge on any atom is 0.140 e. The molecule has 0 aromatic rings. The lowest BCUT2D eigenvalue weighted by Gasteiger charge is -2.34. The molecule has 0 amide bonds. The van der Waals surface area contributed by atoms with Gasteiger partial charge in [-0.3, -0.25) is 4.79 Å². The lowest BCUT2D eigenvalue weighted by atomic mass is 9.69. The van der Waals surface area contributed by atoms with Crippen LogP contribution in [0.1, 0.15) is 47.0 Å². The van der Waals surface area contributed by atoms with E-state index in [0.717, 1.165) is 30.1 Å². The van der Waals surface area contributed by atoms with E-state index in [1.54, 1.807) is 0 Å². The van der Waals surface area contributed by atoms with E-state index in [2.05, 4.69) is 27.7 Å². The van der Waals surface area contributed by atoms with E-state index in [9.17, 15) is 4.79 Å². The van der Waals surface area contributed by atoms with Gasteiger partial charge in [-0.25, -0.2) is 0 Å². The molecule has 0 heterocycles. The van der Waals surface area contributed by atoms with Gasteiger partial charge in [-0.1, -0.05) is 27.7 Å². The summed E-state index contributed by atoms with van der Waals surface area (Å²) in [5.41, 5.74) is 0.159. The van der Waals surface area contributed by atoms with Crippen LogP contribution in [0, 0.1) is 40.9 Å². The van der Waals surface area contributed by atoms with E-state index in [-0.39, 0.29) is 5.41 Å². The van der Waals surface area contributed by atoms with Gasteiger partial charge in [-0.05, 0) is 48.3 Å². The molecule has 1 nitrogen and oxygen atoms in total. The second-order valence-corrected chi connectivity index (χ2v) is 6.98. The quantitative estimate of drug-likeness (QED) is 0.660. The summed E-state index contributed by atoms with van der Waals surface area (Å²) in [5, 5.41) is 0. The Balaban J connectivity index is 1.96. The van der Waals surface area contributed by atoms with E-state index >= 15 is 0 Å². The monoisotopic (exact) mass is 220 g/mol. The van der Waals surface area contributed by atoms with Crippen LogP contribution in [-0.4, -0.2) is 5.78 Å². The Kier molecular flexibility index (Phi) is 2.10. The highest BCUT2D eigenvalue weighted by atomic mass is 16.1. The highest BCUT2D eigenvalue weighted by molar-refractivity contribution is 5.92. The zero-order valence-corrected chi connectivity index (χ0v) is 11.0. The molecule has 3 fully saturated rings. The van der Waals surface area contributed by atoms with Crippen molar-refractivity contribution >= 4 is 5.78 Å². The molecule has 1 spiro atoms. The van der Waals surface area contributed by atoms with Crippen LogP contribution >= 0.6 is 0 Å². The number of hydrogen-bond donors (Lipinski definition) is 0. The normalized spacial score (nSPS) is 55.1. The summed E-state index contributed by atoms with van der Waals surface area (Å²) < 4.78 is 0. The molecular formula is C15H24O. The van der Waals surface area contributed by atoms with Crippen LogP contribution in [0.25, 0.3) is 0 Å². The molecule has 3 aliphatic carbocycles. The van der Waals surface area contributed by atoms with E-state index in [1.165, 1.54) is 12.8 Å². The van der Waals surface area contributed by atoms with Crippen molar-refractivity contribution in [2.75, 3.05) is 0 Å². The molecule has 0 aromatic heterocycles. The molecule has 16 heavy (non-hydrogen) atoms. The highest BCUT2D eigenvalue weighted by Gasteiger charge is 2.78. The van der Waals surface area contributed by atoms with E-state index in [1.807, 2.05) is 0 Å². The lowest BCUT2D eigenvalue weighted by Crippen LogP contribution is -2.33. The molecule has 0 radical (unpaired) electrons. The SMILES string of the molecule is CC(C)[C@H]1CC[C@H](C)[C@]23C(=O)CC(C)[C@H]2[C@H]13. The van der Waals surface area contributed by atoms with Crippen LogP contribution < -0.4 is 0 Å². The summed E-state index contributed by atoms with van der Waals surface area (Å²) in [6.07, 6.45) is 3.52. The van der Waals surface area contributed by atoms with Gasteiger partial charge in [0.1, 0.15) is 5.78 Å². The molecule has 6 atom stereocenters. The van der Waals surface area contributed by atoms with Gasteiger partial charge in [0.2, 0.25) is 0 Å². The second-order valence-electron chi connectivity index (χ2n) is 6.98. The topological polar surface area (TPSA) is 17.1 Å². The van der Waals surface area contributed by atoms with Crippen molar-refractivity contribution in [3.05, 3.63) is 0 Å². The van der Waals surface area contributed by atoms with Gasteiger partial charge >= 0.3 is 0 Å². The zero-order chi connectivity index (χ0) is 11.7. The van der Waals surface area contributed by atoms with Crippen LogP contribution in [-0.2, 0) is 4.79 Å². The predicted molar refractivity (Wildman–Crippen MR) is 64.9 cm³/mol. The van der Waals surface area contributed by atoms with Gasteiger partial charge < -0.3 is 0 Å². The van der Waals surface area contributed by atoms with Crippen molar-refractivity contribution in [3.63, 3.8) is 0 Å². The van der Waals surface area contributed by atoms with Crippen molar-refractivity contribution in [2.45, 2.75) is 47.0 Å². The summed E-state index contributed by atoms with van der Waals surface area (Å²) in [4.78, 5) is 12.4. The van der Waals surface area contributed by atoms with E-state index in [0.29, 0.717) is 17.6 Å². The van der Waals surface area contributed by atoms with Gasteiger partial charge in [-0.2, -0.15) is 0 Å². The summed E-state index contributed by atoms with van der Waals surface area (Å²) in [6.45, 7) is 9.33.